The van der Waals surface area contributed by atoms with E-state index in [1.54, 1.807) is 30.3 Å². The van der Waals surface area contributed by atoms with Crippen LogP contribution in [0.1, 0.15) is 17.2 Å². The summed E-state index contributed by atoms with van der Waals surface area (Å²) in [6.45, 7) is 0. The SMILES string of the molecule is O=C(Oc1ccc(Br)cc1)C1C(c2ccccc2)C2Oc3cc(Cl)cnc3C2(O)[As]1=O. The molecule has 0 saturated carbocycles. The molecule has 5 unspecified atom stereocenters. The zero-order valence-corrected chi connectivity index (χ0v) is 20.0. The van der Waals surface area contributed by atoms with Crippen LogP contribution >= 0.6 is 27.5 Å². The van der Waals surface area contributed by atoms with Crippen molar-refractivity contribution >= 4 is 48.1 Å². The summed E-state index contributed by atoms with van der Waals surface area (Å²) in [6, 6.07) is 17.4. The molecule has 0 spiro atoms. The number of carbonyl (C=O) groups is 1. The summed E-state index contributed by atoms with van der Waals surface area (Å²) in [5.41, 5.74) is 0.895. The summed E-state index contributed by atoms with van der Waals surface area (Å²) in [5, 5.41) is 11.9. The summed E-state index contributed by atoms with van der Waals surface area (Å²) in [7, 11) is 0. The first kappa shape index (κ1) is 20.8. The van der Waals surface area contributed by atoms with Crippen molar-refractivity contribution in [3.05, 3.63) is 87.6 Å². The quantitative estimate of drug-likeness (QED) is 0.293. The van der Waals surface area contributed by atoms with Gasteiger partial charge in [-0.2, -0.15) is 0 Å². The molecule has 1 fully saturated rings. The third-order valence-corrected chi connectivity index (χ3v) is 10.8. The van der Waals surface area contributed by atoms with Gasteiger partial charge in [0.25, 0.3) is 0 Å². The normalized spacial score (nSPS) is 27.3. The summed E-state index contributed by atoms with van der Waals surface area (Å²) in [5.74, 6) is -0.707. The van der Waals surface area contributed by atoms with Crippen LogP contribution in [-0.2, 0) is 12.9 Å². The average Bonchev–Trinajstić information content (AvgIpc) is 3.17. The van der Waals surface area contributed by atoms with Crippen molar-refractivity contribution in [2.45, 2.75) is 21.1 Å². The van der Waals surface area contributed by atoms with Gasteiger partial charge in [0.2, 0.25) is 0 Å². The molecule has 3 aromatic rings. The first-order chi connectivity index (χ1) is 14.9. The van der Waals surface area contributed by atoms with Crippen molar-refractivity contribution in [2.75, 3.05) is 0 Å². The van der Waals surface area contributed by atoms with Crippen molar-refractivity contribution in [1.82, 2.24) is 4.98 Å². The third kappa shape index (κ3) is 3.35. The van der Waals surface area contributed by atoms with E-state index in [9.17, 15) is 13.6 Å². The van der Waals surface area contributed by atoms with Gasteiger partial charge in [0, 0.05) is 0 Å². The number of halogens is 2. The molecule has 1 N–H and O–H groups in total. The molecular formula is C22H15AsBrClNO5. The molecule has 9 heteroatoms. The van der Waals surface area contributed by atoms with Crippen LogP contribution in [0.5, 0.6) is 11.5 Å². The van der Waals surface area contributed by atoms with Crippen molar-refractivity contribution < 1.29 is 23.1 Å². The molecule has 1 radical (unpaired) electrons. The number of rotatable bonds is 3. The van der Waals surface area contributed by atoms with Crippen LogP contribution in [0.4, 0.5) is 0 Å². The van der Waals surface area contributed by atoms with Gasteiger partial charge in [-0.15, -0.1) is 0 Å². The van der Waals surface area contributed by atoms with Gasteiger partial charge in [0.1, 0.15) is 0 Å². The third-order valence-electron chi connectivity index (χ3n) is 5.53. The van der Waals surface area contributed by atoms with Crippen LogP contribution in [-0.4, -0.2) is 36.8 Å². The van der Waals surface area contributed by atoms with Crippen LogP contribution < -0.4 is 9.47 Å². The molecule has 1 aromatic heterocycles. The fourth-order valence-corrected chi connectivity index (χ4v) is 9.05. The molecule has 2 aliphatic heterocycles. The minimum absolute atomic E-state index is 0.164. The monoisotopic (exact) mass is 562 g/mol. The van der Waals surface area contributed by atoms with E-state index >= 15 is 0 Å². The summed E-state index contributed by atoms with van der Waals surface area (Å²) < 4.78 is 23.3. The van der Waals surface area contributed by atoms with Crippen molar-refractivity contribution in [1.29, 1.82) is 0 Å². The Kier molecular flexibility index (Phi) is 5.25. The number of ether oxygens (including phenoxy) is 2. The number of fused-ring (bicyclic) bond motifs is 3. The maximum atomic E-state index is 13.7. The molecule has 6 nitrogen and oxygen atoms in total. The molecule has 0 amide bonds. The standard InChI is InChI=1S/C22H15AsBrClNO5/c24-13-6-8-15(9-7-13)30-21(27)18-17(12-4-2-1-3-5-12)20-22(28,23(18)29)19-16(31-20)10-14(25)11-26-19/h1-11,17-18,20,28H. The zero-order valence-electron chi connectivity index (χ0n) is 15.8. The fourth-order valence-electron chi connectivity index (χ4n) is 4.17. The van der Waals surface area contributed by atoms with Gasteiger partial charge < -0.3 is 0 Å². The van der Waals surface area contributed by atoms with E-state index < -0.39 is 41.7 Å². The average molecular weight is 564 g/mol. The van der Waals surface area contributed by atoms with E-state index in [0.717, 1.165) is 10.0 Å². The number of hydrogen-bond donors (Lipinski definition) is 1. The molecule has 5 rings (SSSR count). The number of esters is 1. The second kappa shape index (κ2) is 7.82. The van der Waals surface area contributed by atoms with Gasteiger partial charge in [-0.25, -0.2) is 0 Å². The Bertz CT molecular complexity index is 1190. The van der Waals surface area contributed by atoms with Crippen LogP contribution in [0, 0.1) is 0 Å². The van der Waals surface area contributed by atoms with Crippen LogP contribution in [0.3, 0.4) is 0 Å². The van der Waals surface area contributed by atoms with Crippen molar-refractivity contribution in [3.8, 4) is 11.5 Å². The Morgan fingerprint density at radius 3 is 2.61 bits per heavy atom. The molecule has 31 heavy (non-hydrogen) atoms. The van der Waals surface area contributed by atoms with E-state index in [2.05, 4.69) is 20.9 Å². The van der Waals surface area contributed by atoms with Crippen molar-refractivity contribution in [2.24, 2.45) is 0 Å². The van der Waals surface area contributed by atoms with E-state index in [4.69, 9.17) is 21.1 Å². The molecule has 2 aromatic carbocycles. The Morgan fingerprint density at radius 1 is 1.19 bits per heavy atom. The van der Waals surface area contributed by atoms with Gasteiger partial charge in [-0.05, 0) is 0 Å². The number of hydrogen-bond acceptors (Lipinski definition) is 6. The van der Waals surface area contributed by atoms with Crippen molar-refractivity contribution in [3.63, 3.8) is 0 Å². The minimum atomic E-state index is -3.57. The Balaban J connectivity index is 1.58. The molecule has 2 aliphatic rings. The van der Waals surface area contributed by atoms with Crippen LogP contribution in [0.2, 0.25) is 9.73 Å². The second-order valence-electron chi connectivity index (χ2n) is 7.35. The number of carbonyl (C=O) groups excluding carboxylic acids is 1. The maximum absolute atomic E-state index is 13.7. The zero-order chi connectivity index (χ0) is 21.8. The van der Waals surface area contributed by atoms with Crippen LogP contribution in [0.25, 0.3) is 0 Å². The van der Waals surface area contributed by atoms with E-state index in [1.807, 2.05) is 30.3 Å². The predicted octanol–water partition coefficient (Wildman–Crippen LogP) is 4.18. The van der Waals surface area contributed by atoms with Gasteiger partial charge in [0.05, 0.1) is 0 Å². The number of nitrogens with zero attached hydrogens (tertiary/aromatic N) is 1. The molecular weight excluding hydrogens is 549 g/mol. The Labute approximate surface area is 195 Å². The summed E-state index contributed by atoms with van der Waals surface area (Å²) in [4.78, 5) is 17.4. The summed E-state index contributed by atoms with van der Waals surface area (Å²) in [6.07, 6.45) is 0.438. The molecule has 5 atom stereocenters. The van der Waals surface area contributed by atoms with Gasteiger partial charge in [-0.1, -0.05) is 0 Å². The fraction of sp³-hybridized carbons (Fsp3) is 0.182. The van der Waals surface area contributed by atoms with Gasteiger partial charge >= 0.3 is 196 Å². The number of aliphatic hydroxyl groups is 1. The van der Waals surface area contributed by atoms with E-state index in [1.165, 1.54) is 6.20 Å². The summed E-state index contributed by atoms with van der Waals surface area (Å²) >= 11 is 5.79. The van der Waals surface area contributed by atoms with Gasteiger partial charge in [-0.3, -0.25) is 0 Å². The Morgan fingerprint density at radius 2 is 1.90 bits per heavy atom. The topological polar surface area (TPSA) is 85.7 Å². The molecule has 1 saturated heterocycles. The number of benzene rings is 2. The first-order valence-electron chi connectivity index (χ1n) is 9.43. The molecule has 157 valence electrons. The molecule has 0 bridgehead atoms. The van der Waals surface area contributed by atoms with Gasteiger partial charge in [0.15, 0.2) is 0 Å². The predicted molar refractivity (Wildman–Crippen MR) is 117 cm³/mol. The molecule has 3 heterocycles. The number of aromatic nitrogens is 1. The Hall–Kier alpha value is -2.05. The molecule has 0 aliphatic carbocycles. The van der Waals surface area contributed by atoms with Crippen LogP contribution in [0.15, 0.2) is 71.3 Å². The number of pyridine rings is 1. The van der Waals surface area contributed by atoms with E-state index in [0.29, 0.717) is 10.8 Å². The first-order valence-corrected chi connectivity index (χ1v) is 13.4. The van der Waals surface area contributed by atoms with E-state index in [-0.39, 0.29) is 11.4 Å². The second-order valence-corrected chi connectivity index (χ2v) is 12.7.